The maximum absolute atomic E-state index is 13.8. The molecule has 0 unspecified atom stereocenters. The van der Waals surface area contributed by atoms with E-state index in [1.54, 1.807) is 48.3 Å². The number of thiophene rings is 1. The molecule has 1 aliphatic carbocycles. The molecule has 1 N–H and O–H groups in total. The van der Waals surface area contributed by atoms with Gasteiger partial charge in [0.25, 0.3) is 11.5 Å². The highest BCUT2D eigenvalue weighted by Gasteiger charge is 2.23. The second kappa shape index (κ2) is 11.4. The van der Waals surface area contributed by atoms with Crippen LogP contribution in [0.1, 0.15) is 34.4 Å². The number of nitrogens with one attached hydrogen (secondary N) is 1. The summed E-state index contributed by atoms with van der Waals surface area (Å²) in [4.78, 5) is 33.4. The van der Waals surface area contributed by atoms with Gasteiger partial charge in [-0.3, -0.25) is 14.2 Å². The molecule has 0 aliphatic heterocycles. The lowest BCUT2D eigenvalue weighted by atomic mass is 9.97. The minimum Gasteiger partial charge on any atom is -0.497 e. The van der Waals surface area contributed by atoms with Gasteiger partial charge in [-0.2, -0.15) is 5.10 Å². The summed E-state index contributed by atoms with van der Waals surface area (Å²) in [6.45, 7) is 2.01. The number of hydrogen-bond acceptors (Lipinski definition) is 8. The van der Waals surface area contributed by atoms with Gasteiger partial charge >= 0.3 is 0 Å². The van der Waals surface area contributed by atoms with E-state index < -0.39 is 0 Å². The molecule has 10 heteroatoms. The minimum absolute atomic E-state index is 0.0476. The number of amides is 1. The largest absolute Gasteiger partial charge is 0.497 e. The second-order valence-electron chi connectivity index (χ2n) is 8.95. The highest BCUT2D eigenvalue weighted by Crippen LogP contribution is 2.35. The number of aryl methyl sites for hydroxylation is 3. The number of nitrogens with zero attached hydrogens (tertiary/aromatic N) is 3. The Morgan fingerprint density at radius 2 is 1.95 bits per heavy atom. The topological polar surface area (TPSA) is 94.8 Å². The standard InChI is InChI=1S/C28H28N4O4S2/c1-17-8-11-19(12-9-17)32-27(34)25-21-6-4-5-7-23(21)38-26(25)30-28(32)37-16-24(33)31-29-15-18-10-13-20(35-2)14-22(18)36-3/h8-15H,4-7,16H2,1-3H3,(H,31,33)/b29-15-. The Morgan fingerprint density at radius 1 is 1.16 bits per heavy atom. The zero-order valence-electron chi connectivity index (χ0n) is 21.4. The molecule has 0 spiro atoms. The lowest BCUT2D eigenvalue weighted by Crippen LogP contribution is -2.24. The van der Waals surface area contributed by atoms with Gasteiger partial charge in [0, 0.05) is 16.5 Å². The SMILES string of the molecule is COc1ccc(/C=N\NC(=O)CSc2nc3sc4c(c3c(=O)n2-c2ccc(C)cc2)CCCC4)c(OC)c1. The number of carbonyl (C=O) groups excluding carboxylic acids is 1. The van der Waals surface area contributed by atoms with E-state index in [0.29, 0.717) is 22.2 Å². The van der Waals surface area contributed by atoms with Gasteiger partial charge in [-0.25, -0.2) is 10.4 Å². The van der Waals surface area contributed by atoms with Crippen LogP contribution in [0.5, 0.6) is 11.5 Å². The molecule has 0 fully saturated rings. The van der Waals surface area contributed by atoms with Crippen molar-refractivity contribution in [3.05, 3.63) is 74.4 Å². The maximum Gasteiger partial charge on any atom is 0.267 e. The van der Waals surface area contributed by atoms with Crippen LogP contribution in [-0.4, -0.2) is 41.6 Å². The van der Waals surface area contributed by atoms with Crippen LogP contribution < -0.4 is 20.5 Å². The third-order valence-corrected chi connectivity index (χ3v) is 8.54. The van der Waals surface area contributed by atoms with E-state index >= 15 is 0 Å². The number of hydrazone groups is 1. The summed E-state index contributed by atoms with van der Waals surface area (Å²) < 4.78 is 12.2. The van der Waals surface area contributed by atoms with E-state index in [-0.39, 0.29) is 17.2 Å². The Morgan fingerprint density at radius 3 is 2.71 bits per heavy atom. The Labute approximate surface area is 228 Å². The van der Waals surface area contributed by atoms with Crippen molar-refractivity contribution in [2.45, 2.75) is 37.8 Å². The zero-order valence-corrected chi connectivity index (χ0v) is 23.1. The van der Waals surface area contributed by atoms with Crippen molar-refractivity contribution in [1.82, 2.24) is 15.0 Å². The molecule has 4 aromatic rings. The molecule has 0 atom stereocenters. The number of carbonyl (C=O) groups is 1. The van der Waals surface area contributed by atoms with Crippen LogP contribution in [0.4, 0.5) is 0 Å². The Hall–Kier alpha value is -3.63. The van der Waals surface area contributed by atoms with Crippen molar-refractivity contribution in [2.24, 2.45) is 5.10 Å². The first-order valence-corrected chi connectivity index (χ1v) is 14.1. The van der Waals surface area contributed by atoms with Gasteiger partial charge in [0.15, 0.2) is 5.16 Å². The number of aromatic nitrogens is 2. The highest BCUT2D eigenvalue weighted by molar-refractivity contribution is 7.99. The molecule has 1 aliphatic rings. The van der Waals surface area contributed by atoms with Crippen LogP contribution in [0.3, 0.4) is 0 Å². The van der Waals surface area contributed by atoms with Crippen LogP contribution >= 0.6 is 23.1 Å². The fraction of sp³-hybridized carbons (Fsp3) is 0.286. The molecule has 0 saturated heterocycles. The van der Waals surface area contributed by atoms with Gasteiger partial charge in [-0.05, 0) is 62.4 Å². The maximum atomic E-state index is 13.8. The van der Waals surface area contributed by atoms with Crippen LogP contribution in [0, 0.1) is 6.92 Å². The van der Waals surface area contributed by atoms with E-state index in [1.165, 1.54) is 22.9 Å². The molecule has 196 valence electrons. The Kier molecular flexibility index (Phi) is 7.80. The minimum atomic E-state index is -0.311. The molecule has 0 radical (unpaired) electrons. The van der Waals surface area contributed by atoms with Crippen LogP contribution in [0.25, 0.3) is 15.9 Å². The number of thioether (sulfide) groups is 1. The van der Waals surface area contributed by atoms with Crippen LogP contribution in [0.15, 0.2) is 57.5 Å². The van der Waals surface area contributed by atoms with Gasteiger partial charge in [0.1, 0.15) is 16.3 Å². The molecule has 5 rings (SSSR count). The Balaban J connectivity index is 1.39. The van der Waals surface area contributed by atoms with Crippen molar-refractivity contribution in [3.63, 3.8) is 0 Å². The lowest BCUT2D eigenvalue weighted by molar-refractivity contribution is -0.118. The molecule has 0 bridgehead atoms. The fourth-order valence-corrected chi connectivity index (χ4v) is 6.57. The third-order valence-electron chi connectivity index (χ3n) is 6.42. The van der Waals surface area contributed by atoms with Gasteiger partial charge in [0.2, 0.25) is 0 Å². The number of hydrogen-bond donors (Lipinski definition) is 1. The summed E-state index contributed by atoms with van der Waals surface area (Å²) in [6.07, 6.45) is 5.64. The summed E-state index contributed by atoms with van der Waals surface area (Å²) >= 11 is 2.82. The second-order valence-corrected chi connectivity index (χ2v) is 11.0. The summed E-state index contributed by atoms with van der Waals surface area (Å²) in [5, 5.41) is 5.28. The number of methoxy groups -OCH3 is 2. The summed E-state index contributed by atoms with van der Waals surface area (Å²) in [7, 11) is 3.14. The van der Waals surface area contributed by atoms with Crippen LogP contribution in [-0.2, 0) is 17.6 Å². The van der Waals surface area contributed by atoms with E-state index in [9.17, 15) is 9.59 Å². The van der Waals surface area contributed by atoms with Crippen molar-refractivity contribution >= 4 is 45.4 Å². The zero-order chi connectivity index (χ0) is 26.6. The smallest absolute Gasteiger partial charge is 0.267 e. The van der Waals surface area contributed by atoms with Crippen molar-refractivity contribution in [1.29, 1.82) is 0 Å². The van der Waals surface area contributed by atoms with Crippen LogP contribution in [0.2, 0.25) is 0 Å². The van der Waals surface area contributed by atoms with E-state index in [2.05, 4.69) is 10.5 Å². The highest BCUT2D eigenvalue weighted by atomic mass is 32.2. The molecule has 38 heavy (non-hydrogen) atoms. The predicted octanol–water partition coefficient (Wildman–Crippen LogP) is 4.89. The first-order chi connectivity index (χ1) is 18.5. The molecule has 2 aromatic carbocycles. The molecular formula is C28H28N4O4S2. The predicted molar refractivity (Wildman–Crippen MR) is 153 cm³/mol. The van der Waals surface area contributed by atoms with Crippen molar-refractivity contribution in [2.75, 3.05) is 20.0 Å². The average molecular weight is 549 g/mol. The molecular weight excluding hydrogens is 520 g/mol. The van der Waals surface area contributed by atoms with E-state index in [0.717, 1.165) is 52.7 Å². The lowest BCUT2D eigenvalue weighted by Gasteiger charge is -2.13. The molecule has 1 amide bonds. The third kappa shape index (κ3) is 5.32. The summed E-state index contributed by atoms with van der Waals surface area (Å²) in [5.41, 5.74) is 6.15. The van der Waals surface area contributed by atoms with Gasteiger partial charge < -0.3 is 9.47 Å². The molecule has 0 saturated carbocycles. The molecule has 8 nitrogen and oxygen atoms in total. The number of rotatable bonds is 8. The fourth-order valence-electron chi connectivity index (χ4n) is 4.47. The first kappa shape index (κ1) is 26.0. The van der Waals surface area contributed by atoms with Gasteiger partial charge in [-0.1, -0.05) is 29.5 Å². The number of benzene rings is 2. The normalized spacial score (nSPS) is 13.0. The van der Waals surface area contributed by atoms with Gasteiger partial charge in [0.05, 0.1) is 37.3 Å². The van der Waals surface area contributed by atoms with Crippen molar-refractivity contribution < 1.29 is 14.3 Å². The summed E-state index contributed by atoms with van der Waals surface area (Å²) in [6, 6.07) is 13.1. The monoisotopic (exact) mass is 548 g/mol. The number of ether oxygens (including phenoxy) is 2. The van der Waals surface area contributed by atoms with Gasteiger partial charge in [-0.15, -0.1) is 11.3 Å². The first-order valence-electron chi connectivity index (χ1n) is 12.3. The molecule has 2 heterocycles. The molecule has 2 aromatic heterocycles. The number of fused-ring (bicyclic) bond motifs is 3. The summed E-state index contributed by atoms with van der Waals surface area (Å²) in [5.74, 6) is 0.977. The Bertz CT molecular complexity index is 1570. The van der Waals surface area contributed by atoms with E-state index in [4.69, 9.17) is 14.5 Å². The van der Waals surface area contributed by atoms with Crippen molar-refractivity contribution in [3.8, 4) is 17.2 Å². The van der Waals surface area contributed by atoms with E-state index in [1.807, 2.05) is 31.2 Å². The quantitative estimate of drug-likeness (QED) is 0.146. The average Bonchev–Trinajstić information content (AvgIpc) is 3.31.